The molecular weight excluding hydrogens is 236 g/mol. The van der Waals surface area contributed by atoms with Crippen molar-refractivity contribution >= 4 is 12.0 Å². The van der Waals surface area contributed by atoms with Crippen molar-refractivity contribution in [2.75, 3.05) is 19.7 Å². The minimum atomic E-state index is -0.929. The number of carbonyl (C=O) groups is 2. The summed E-state index contributed by atoms with van der Waals surface area (Å²) < 4.78 is 5.24. The number of hydrogen-bond acceptors (Lipinski definition) is 3. The number of urea groups is 1. The number of ether oxygens (including phenoxy) is 1. The third kappa shape index (κ3) is 5.86. The van der Waals surface area contributed by atoms with Crippen LogP contribution >= 0.6 is 0 Å². The van der Waals surface area contributed by atoms with Gasteiger partial charge in [-0.05, 0) is 25.2 Å². The Labute approximate surface area is 107 Å². The highest BCUT2D eigenvalue weighted by Gasteiger charge is 2.37. The first-order valence-corrected chi connectivity index (χ1v) is 6.30. The first kappa shape index (κ1) is 14.8. The normalized spacial score (nSPS) is 17.9. The van der Waals surface area contributed by atoms with Gasteiger partial charge < -0.3 is 20.5 Å². The van der Waals surface area contributed by atoms with E-state index >= 15 is 0 Å². The highest BCUT2D eigenvalue weighted by molar-refractivity contribution is 5.74. The number of rotatable bonds is 8. The molecule has 0 heterocycles. The van der Waals surface area contributed by atoms with Crippen LogP contribution in [0.2, 0.25) is 0 Å². The van der Waals surface area contributed by atoms with Crippen molar-refractivity contribution in [3.8, 4) is 0 Å². The summed E-state index contributed by atoms with van der Waals surface area (Å²) in [5.74, 6) is -0.929. The lowest BCUT2D eigenvalue weighted by Gasteiger charge is -2.17. The molecule has 3 N–H and O–H groups in total. The zero-order chi connectivity index (χ0) is 13.6. The largest absolute Gasteiger partial charge is 0.481 e. The molecule has 1 atom stereocenters. The standard InChI is InChI=1S/C12H22N2O4/c1-3-18-9(6-10(15)16)7-13-11(17)14-8-12(2)4-5-12/h9H,3-8H2,1-2H3,(H,15,16)(H2,13,14,17). The number of carboxylic acid groups (broad SMARTS) is 1. The number of amides is 2. The lowest BCUT2D eigenvalue weighted by Crippen LogP contribution is -2.42. The molecule has 1 aliphatic carbocycles. The van der Waals surface area contributed by atoms with Crippen LogP contribution in [0, 0.1) is 5.41 Å². The van der Waals surface area contributed by atoms with Crippen LogP contribution in [0.15, 0.2) is 0 Å². The van der Waals surface area contributed by atoms with E-state index in [-0.39, 0.29) is 24.4 Å². The van der Waals surface area contributed by atoms with E-state index in [1.54, 1.807) is 6.92 Å². The molecule has 18 heavy (non-hydrogen) atoms. The zero-order valence-electron chi connectivity index (χ0n) is 11.0. The summed E-state index contributed by atoms with van der Waals surface area (Å²) in [4.78, 5) is 22.1. The summed E-state index contributed by atoms with van der Waals surface area (Å²) >= 11 is 0. The number of carboxylic acids is 1. The summed E-state index contributed by atoms with van der Waals surface area (Å²) in [6.07, 6.45) is 1.71. The molecule has 6 nitrogen and oxygen atoms in total. The number of carbonyl (C=O) groups excluding carboxylic acids is 1. The molecule has 6 heteroatoms. The van der Waals surface area contributed by atoms with Gasteiger partial charge in [0.05, 0.1) is 12.5 Å². The highest BCUT2D eigenvalue weighted by atomic mass is 16.5. The van der Waals surface area contributed by atoms with Crippen LogP contribution < -0.4 is 10.6 Å². The van der Waals surface area contributed by atoms with Crippen molar-refractivity contribution in [2.45, 2.75) is 39.2 Å². The monoisotopic (exact) mass is 258 g/mol. The van der Waals surface area contributed by atoms with Crippen LogP contribution in [0.4, 0.5) is 4.79 Å². The van der Waals surface area contributed by atoms with E-state index in [0.717, 1.165) is 12.8 Å². The van der Waals surface area contributed by atoms with E-state index in [1.165, 1.54) is 0 Å². The number of nitrogens with one attached hydrogen (secondary N) is 2. The average Bonchev–Trinajstić information content (AvgIpc) is 3.02. The van der Waals surface area contributed by atoms with Gasteiger partial charge in [0.25, 0.3) is 0 Å². The van der Waals surface area contributed by atoms with Gasteiger partial charge in [0, 0.05) is 19.7 Å². The smallest absolute Gasteiger partial charge is 0.314 e. The van der Waals surface area contributed by atoms with Crippen LogP contribution in [0.5, 0.6) is 0 Å². The number of aliphatic carboxylic acids is 1. The van der Waals surface area contributed by atoms with Crippen molar-refractivity contribution in [3.05, 3.63) is 0 Å². The predicted molar refractivity (Wildman–Crippen MR) is 66.4 cm³/mol. The summed E-state index contributed by atoms with van der Waals surface area (Å²) in [5, 5.41) is 14.1. The van der Waals surface area contributed by atoms with E-state index < -0.39 is 12.1 Å². The first-order valence-electron chi connectivity index (χ1n) is 6.30. The molecular formula is C12H22N2O4. The Morgan fingerprint density at radius 2 is 2.06 bits per heavy atom. The Kier molecular flexibility index (Phi) is 5.40. The maximum atomic E-state index is 11.5. The quantitative estimate of drug-likeness (QED) is 0.605. The van der Waals surface area contributed by atoms with Crippen LogP contribution in [-0.4, -0.2) is 42.9 Å². The molecule has 1 fully saturated rings. The van der Waals surface area contributed by atoms with Gasteiger partial charge in [-0.3, -0.25) is 4.79 Å². The van der Waals surface area contributed by atoms with Crippen molar-refractivity contribution < 1.29 is 19.4 Å². The third-order valence-electron chi connectivity index (χ3n) is 3.07. The molecule has 1 aliphatic rings. The summed E-state index contributed by atoms with van der Waals surface area (Å²) in [6, 6.07) is -0.266. The Morgan fingerprint density at radius 3 is 2.56 bits per heavy atom. The van der Waals surface area contributed by atoms with Gasteiger partial charge in [-0.15, -0.1) is 0 Å². The van der Waals surface area contributed by atoms with Gasteiger partial charge in [0.15, 0.2) is 0 Å². The average molecular weight is 258 g/mol. The van der Waals surface area contributed by atoms with Crippen LogP contribution in [0.1, 0.15) is 33.1 Å². The molecule has 2 amide bonds. The molecule has 1 rings (SSSR count). The molecule has 1 unspecified atom stereocenters. The van der Waals surface area contributed by atoms with Crippen molar-refractivity contribution in [1.82, 2.24) is 10.6 Å². The number of hydrogen-bond donors (Lipinski definition) is 3. The summed E-state index contributed by atoms with van der Waals surface area (Å²) in [6.45, 7) is 5.22. The van der Waals surface area contributed by atoms with Gasteiger partial charge in [-0.1, -0.05) is 6.92 Å². The second-order valence-electron chi connectivity index (χ2n) is 5.05. The second kappa shape index (κ2) is 6.58. The molecule has 0 saturated heterocycles. The predicted octanol–water partition coefficient (Wildman–Crippen LogP) is 0.965. The van der Waals surface area contributed by atoms with Gasteiger partial charge in [-0.25, -0.2) is 4.79 Å². The highest BCUT2D eigenvalue weighted by Crippen LogP contribution is 2.43. The zero-order valence-corrected chi connectivity index (χ0v) is 11.0. The Balaban J connectivity index is 2.18. The first-order chi connectivity index (χ1) is 8.45. The maximum Gasteiger partial charge on any atom is 0.314 e. The van der Waals surface area contributed by atoms with E-state index in [0.29, 0.717) is 13.2 Å². The third-order valence-corrected chi connectivity index (χ3v) is 3.07. The van der Waals surface area contributed by atoms with Crippen molar-refractivity contribution in [2.24, 2.45) is 5.41 Å². The minimum absolute atomic E-state index is 0.105. The molecule has 0 aromatic heterocycles. The fourth-order valence-electron chi connectivity index (χ4n) is 1.57. The van der Waals surface area contributed by atoms with Crippen molar-refractivity contribution in [3.63, 3.8) is 0 Å². The summed E-state index contributed by atoms with van der Waals surface area (Å²) in [7, 11) is 0. The molecule has 0 aromatic carbocycles. The lowest BCUT2D eigenvalue weighted by molar-refractivity contribution is -0.140. The lowest BCUT2D eigenvalue weighted by atomic mass is 10.1. The minimum Gasteiger partial charge on any atom is -0.481 e. The second-order valence-corrected chi connectivity index (χ2v) is 5.05. The fraction of sp³-hybridized carbons (Fsp3) is 0.833. The van der Waals surface area contributed by atoms with Crippen molar-refractivity contribution in [1.29, 1.82) is 0 Å². The van der Waals surface area contributed by atoms with E-state index in [9.17, 15) is 9.59 Å². The van der Waals surface area contributed by atoms with Crippen LogP contribution in [-0.2, 0) is 9.53 Å². The molecule has 0 spiro atoms. The van der Waals surface area contributed by atoms with Crippen LogP contribution in [0.25, 0.3) is 0 Å². The molecule has 0 aromatic rings. The van der Waals surface area contributed by atoms with Crippen LogP contribution in [0.3, 0.4) is 0 Å². The van der Waals surface area contributed by atoms with E-state index in [2.05, 4.69) is 17.6 Å². The Morgan fingerprint density at radius 1 is 1.39 bits per heavy atom. The fourth-order valence-corrected chi connectivity index (χ4v) is 1.57. The van der Waals surface area contributed by atoms with Gasteiger partial charge in [0.2, 0.25) is 0 Å². The molecule has 0 aliphatic heterocycles. The van der Waals surface area contributed by atoms with E-state index in [4.69, 9.17) is 9.84 Å². The topological polar surface area (TPSA) is 87.7 Å². The van der Waals surface area contributed by atoms with Gasteiger partial charge >= 0.3 is 12.0 Å². The molecule has 0 bridgehead atoms. The Bertz CT molecular complexity index is 302. The maximum absolute atomic E-state index is 11.5. The van der Waals surface area contributed by atoms with E-state index in [1.807, 2.05) is 0 Å². The van der Waals surface area contributed by atoms with Gasteiger partial charge in [0.1, 0.15) is 0 Å². The Hall–Kier alpha value is -1.30. The molecule has 1 saturated carbocycles. The molecule has 0 radical (unpaired) electrons. The van der Waals surface area contributed by atoms with Gasteiger partial charge in [-0.2, -0.15) is 0 Å². The molecule has 104 valence electrons. The summed E-state index contributed by atoms with van der Waals surface area (Å²) in [5.41, 5.74) is 0.262. The SMILES string of the molecule is CCOC(CNC(=O)NCC1(C)CC1)CC(=O)O.